The molecule has 4 heteroatoms. The first-order valence-corrected chi connectivity index (χ1v) is 6.30. The summed E-state index contributed by atoms with van der Waals surface area (Å²) in [6.07, 6.45) is 2.72. The molecule has 14 heavy (non-hydrogen) atoms. The van der Waals surface area contributed by atoms with Crippen LogP contribution in [0.5, 0.6) is 0 Å². The van der Waals surface area contributed by atoms with E-state index in [0.717, 1.165) is 37.8 Å². The van der Waals surface area contributed by atoms with Gasteiger partial charge in [0, 0.05) is 30.5 Å². The topological polar surface area (TPSA) is 38.3 Å². The number of hydrogen-bond donors (Lipinski definition) is 1. The molecule has 0 aliphatic carbocycles. The summed E-state index contributed by atoms with van der Waals surface area (Å²) < 4.78 is 5.21. The normalized spacial score (nSPS) is 20.4. The van der Waals surface area contributed by atoms with E-state index in [1.54, 1.807) is 0 Å². The Hall–Kier alpha value is -0.0900. The van der Waals surface area contributed by atoms with Crippen molar-refractivity contribution in [2.75, 3.05) is 18.5 Å². The number of amides is 1. The van der Waals surface area contributed by atoms with Gasteiger partial charge in [0.05, 0.1) is 0 Å². The molecule has 1 aliphatic rings. The first-order chi connectivity index (χ1) is 6.74. The highest BCUT2D eigenvalue weighted by molar-refractivity contribution is 9.09. The minimum atomic E-state index is 0.168. The summed E-state index contributed by atoms with van der Waals surface area (Å²) in [5.74, 6) is 0.364. The van der Waals surface area contributed by atoms with Gasteiger partial charge in [0.15, 0.2) is 0 Å². The van der Waals surface area contributed by atoms with E-state index < -0.39 is 0 Å². The Morgan fingerprint density at radius 1 is 1.57 bits per heavy atom. The van der Waals surface area contributed by atoms with Gasteiger partial charge in [-0.15, -0.1) is 0 Å². The molecule has 1 fully saturated rings. The number of alkyl halides is 1. The van der Waals surface area contributed by atoms with Crippen molar-refractivity contribution in [2.45, 2.75) is 32.2 Å². The first kappa shape index (κ1) is 12.0. The second kappa shape index (κ2) is 6.40. The Labute approximate surface area is 93.7 Å². The largest absolute Gasteiger partial charge is 0.381 e. The fourth-order valence-corrected chi connectivity index (χ4v) is 2.24. The summed E-state index contributed by atoms with van der Waals surface area (Å²) in [5, 5.41) is 3.96. The zero-order valence-electron chi connectivity index (χ0n) is 8.59. The summed E-state index contributed by atoms with van der Waals surface area (Å²) in [7, 11) is 0. The zero-order chi connectivity index (χ0) is 10.4. The highest BCUT2D eigenvalue weighted by atomic mass is 79.9. The van der Waals surface area contributed by atoms with Crippen molar-refractivity contribution in [3.05, 3.63) is 0 Å². The quantitative estimate of drug-likeness (QED) is 0.785. The van der Waals surface area contributed by atoms with Gasteiger partial charge >= 0.3 is 0 Å². The second-order valence-electron chi connectivity index (χ2n) is 3.77. The van der Waals surface area contributed by atoms with Gasteiger partial charge in [-0.05, 0) is 26.2 Å². The average molecular weight is 264 g/mol. The number of nitrogens with one attached hydrogen (secondary N) is 1. The van der Waals surface area contributed by atoms with Crippen LogP contribution in [-0.2, 0) is 9.53 Å². The van der Waals surface area contributed by atoms with Crippen LogP contribution < -0.4 is 5.32 Å². The smallest absolute Gasteiger partial charge is 0.223 e. The minimum Gasteiger partial charge on any atom is -0.381 e. The lowest BCUT2D eigenvalue weighted by Gasteiger charge is -2.23. The molecule has 0 spiro atoms. The van der Waals surface area contributed by atoms with Gasteiger partial charge in [0.2, 0.25) is 5.91 Å². The molecule has 0 aromatic heterocycles. The van der Waals surface area contributed by atoms with Crippen LogP contribution in [0.15, 0.2) is 0 Å². The standard InChI is InChI=1S/C10H18BrNO2/c1-8(2-5-11)12-10(13)9-3-6-14-7-4-9/h8-9H,2-7H2,1H3,(H,12,13). The SMILES string of the molecule is CC(CCBr)NC(=O)C1CCOCC1. The first-order valence-electron chi connectivity index (χ1n) is 5.18. The minimum absolute atomic E-state index is 0.168. The average Bonchev–Trinajstić information content (AvgIpc) is 2.19. The molecule has 1 saturated heterocycles. The third kappa shape index (κ3) is 3.96. The predicted octanol–water partition coefficient (Wildman–Crippen LogP) is 1.70. The maximum absolute atomic E-state index is 11.7. The van der Waals surface area contributed by atoms with Gasteiger partial charge < -0.3 is 10.1 Å². The van der Waals surface area contributed by atoms with Crippen LogP contribution in [0.25, 0.3) is 0 Å². The molecule has 1 heterocycles. The van der Waals surface area contributed by atoms with Crippen LogP contribution >= 0.6 is 15.9 Å². The summed E-state index contributed by atoms with van der Waals surface area (Å²) in [6, 6.07) is 0.268. The lowest BCUT2D eigenvalue weighted by Crippen LogP contribution is -2.39. The number of carbonyl (C=O) groups is 1. The maximum Gasteiger partial charge on any atom is 0.223 e. The number of hydrogen-bond acceptors (Lipinski definition) is 2. The summed E-state index contributed by atoms with van der Waals surface area (Å²) in [4.78, 5) is 11.7. The highest BCUT2D eigenvalue weighted by Gasteiger charge is 2.22. The van der Waals surface area contributed by atoms with E-state index in [9.17, 15) is 4.79 Å². The fraction of sp³-hybridized carbons (Fsp3) is 0.900. The van der Waals surface area contributed by atoms with Gasteiger partial charge in [-0.2, -0.15) is 0 Å². The molecule has 0 aromatic rings. The van der Waals surface area contributed by atoms with E-state index >= 15 is 0 Å². The number of carbonyl (C=O) groups excluding carboxylic acids is 1. The van der Waals surface area contributed by atoms with Crippen molar-refractivity contribution < 1.29 is 9.53 Å². The van der Waals surface area contributed by atoms with Crippen LogP contribution in [0.1, 0.15) is 26.2 Å². The van der Waals surface area contributed by atoms with Gasteiger partial charge in [-0.25, -0.2) is 0 Å². The van der Waals surface area contributed by atoms with Crippen LogP contribution in [0, 0.1) is 5.92 Å². The van der Waals surface area contributed by atoms with Gasteiger partial charge in [-0.3, -0.25) is 4.79 Å². The third-order valence-electron chi connectivity index (χ3n) is 2.52. The lowest BCUT2D eigenvalue weighted by atomic mass is 9.99. The van der Waals surface area contributed by atoms with Crippen LogP contribution in [-0.4, -0.2) is 30.5 Å². The van der Waals surface area contributed by atoms with E-state index in [0.29, 0.717) is 0 Å². The Balaban J connectivity index is 2.25. The van der Waals surface area contributed by atoms with Crippen LogP contribution in [0.2, 0.25) is 0 Å². The van der Waals surface area contributed by atoms with Crippen molar-refractivity contribution in [3.63, 3.8) is 0 Å². The molecule has 3 nitrogen and oxygen atoms in total. The Morgan fingerprint density at radius 3 is 2.79 bits per heavy atom. The molecular formula is C10H18BrNO2. The van der Waals surface area contributed by atoms with E-state index in [4.69, 9.17) is 4.74 Å². The Morgan fingerprint density at radius 2 is 2.21 bits per heavy atom. The van der Waals surface area contributed by atoms with Gasteiger partial charge in [-0.1, -0.05) is 15.9 Å². The number of rotatable bonds is 4. The molecule has 1 atom stereocenters. The molecule has 0 aromatic carbocycles. The molecule has 0 radical (unpaired) electrons. The molecule has 1 N–H and O–H groups in total. The van der Waals surface area contributed by atoms with Crippen molar-refractivity contribution in [1.29, 1.82) is 0 Å². The number of halogens is 1. The monoisotopic (exact) mass is 263 g/mol. The maximum atomic E-state index is 11.7. The lowest BCUT2D eigenvalue weighted by molar-refractivity contribution is -0.128. The van der Waals surface area contributed by atoms with E-state index in [1.807, 2.05) is 6.92 Å². The van der Waals surface area contributed by atoms with Crippen LogP contribution in [0.3, 0.4) is 0 Å². The van der Waals surface area contributed by atoms with E-state index in [2.05, 4.69) is 21.2 Å². The van der Waals surface area contributed by atoms with Crippen molar-refractivity contribution in [1.82, 2.24) is 5.32 Å². The van der Waals surface area contributed by atoms with Crippen molar-refractivity contribution >= 4 is 21.8 Å². The molecule has 1 amide bonds. The Bertz CT molecular complexity index is 181. The predicted molar refractivity (Wildman–Crippen MR) is 59.6 cm³/mol. The fourth-order valence-electron chi connectivity index (χ4n) is 1.56. The highest BCUT2D eigenvalue weighted by Crippen LogP contribution is 2.14. The Kier molecular flexibility index (Phi) is 5.48. The molecule has 1 aliphatic heterocycles. The molecule has 0 saturated carbocycles. The molecule has 0 bridgehead atoms. The number of ether oxygens (including phenoxy) is 1. The van der Waals surface area contributed by atoms with Crippen molar-refractivity contribution in [3.8, 4) is 0 Å². The van der Waals surface area contributed by atoms with Crippen LogP contribution in [0.4, 0.5) is 0 Å². The zero-order valence-corrected chi connectivity index (χ0v) is 10.2. The van der Waals surface area contributed by atoms with E-state index in [1.165, 1.54) is 0 Å². The van der Waals surface area contributed by atoms with Gasteiger partial charge in [0.25, 0.3) is 0 Å². The molecular weight excluding hydrogens is 246 g/mol. The summed E-state index contributed by atoms with van der Waals surface area (Å²) >= 11 is 3.36. The van der Waals surface area contributed by atoms with E-state index in [-0.39, 0.29) is 17.9 Å². The molecule has 1 unspecified atom stereocenters. The van der Waals surface area contributed by atoms with Crippen molar-refractivity contribution in [2.24, 2.45) is 5.92 Å². The third-order valence-corrected chi connectivity index (χ3v) is 2.98. The second-order valence-corrected chi connectivity index (χ2v) is 4.57. The summed E-state index contributed by atoms with van der Waals surface area (Å²) in [6.45, 7) is 3.49. The van der Waals surface area contributed by atoms with Gasteiger partial charge in [0.1, 0.15) is 0 Å². The molecule has 1 rings (SSSR count). The summed E-state index contributed by atoms with van der Waals surface area (Å²) in [5.41, 5.74) is 0. The molecule has 82 valence electrons.